The number of amides is 1. The van der Waals surface area contributed by atoms with E-state index in [0.29, 0.717) is 28.8 Å². The molecule has 1 amide bonds. The highest BCUT2D eigenvalue weighted by atomic mass is 32.2. The molecular formula is C16H15N5O3S. The molecule has 0 bridgehead atoms. The minimum atomic E-state index is -3.04. The number of fused-ring (bicyclic) bond motifs is 1. The average molecular weight is 357 g/mol. The van der Waals surface area contributed by atoms with Gasteiger partial charge in [0.05, 0.1) is 17.2 Å². The van der Waals surface area contributed by atoms with E-state index in [2.05, 4.69) is 20.6 Å². The van der Waals surface area contributed by atoms with Crippen LogP contribution in [0, 0.1) is 0 Å². The van der Waals surface area contributed by atoms with Gasteiger partial charge in [-0.1, -0.05) is 11.3 Å². The lowest BCUT2D eigenvalue weighted by Gasteiger charge is -2.11. The Morgan fingerprint density at radius 2 is 2.12 bits per heavy atom. The van der Waals surface area contributed by atoms with Gasteiger partial charge in [0.15, 0.2) is 15.5 Å². The molecule has 9 heteroatoms. The zero-order valence-corrected chi connectivity index (χ0v) is 14.0. The zero-order valence-electron chi connectivity index (χ0n) is 13.2. The summed E-state index contributed by atoms with van der Waals surface area (Å²) in [6.45, 7) is 0. The Morgan fingerprint density at radius 3 is 2.92 bits per heavy atom. The molecule has 1 aliphatic rings. The van der Waals surface area contributed by atoms with Gasteiger partial charge >= 0.3 is 0 Å². The Bertz CT molecular complexity index is 1060. The van der Waals surface area contributed by atoms with E-state index in [1.165, 1.54) is 0 Å². The van der Waals surface area contributed by atoms with Crippen LogP contribution in [0.1, 0.15) is 16.8 Å². The molecule has 8 nitrogen and oxygen atoms in total. The van der Waals surface area contributed by atoms with Gasteiger partial charge < -0.3 is 5.32 Å². The molecule has 128 valence electrons. The molecule has 1 N–H and O–H groups in total. The lowest BCUT2D eigenvalue weighted by Crippen LogP contribution is -2.35. The number of nitrogens with zero attached hydrogens (tertiary/aromatic N) is 4. The maximum Gasteiger partial charge on any atom is 0.251 e. The van der Waals surface area contributed by atoms with Crippen molar-refractivity contribution in [3.63, 3.8) is 0 Å². The summed E-state index contributed by atoms with van der Waals surface area (Å²) in [5, 5.41) is 10.9. The molecule has 1 saturated heterocycles. The summed E-state index contributed by atoms with van der Waals surface area (Å²) in [4.78, 5) is 16.7. The lowest BCUT2D eigenvalue weighted by atomic mass is 10.1. The maximum absolute atomic E-state index is 12.4. The average Bonchev–Trinajstić information content (AvgIpc) is 3.18. The Labute approximate surface area is 143 Å². The quantitative estimate of drug-likeness (QED) is 0.741. The second-order valence-corrected chi connectivity index (χ2v) is 8.20. The van der Waals surface area contributed by atoms with Crippen molar-refractivity contribution in [2.45, 2.75) is 12.5 Å². The number of nitrogens with one attached hydrogen (secondary N) is 1. The van der Waals surface area contributed by atoms with E-state index in [1.54, 1.807) is 41.2 Å². The van der Waals surface area contributed by atoms with Crippen molar-refractivity contribution in [3.8, 4) is 5.69 Å². The van der Waals surface area contributed by atoms with E-state index in [-0.39, 0.29) is 23.5 Å². The number of benzene rings is 1. The van der Waals surface area contributed by atoms with E-state index < -0.39 is 9.84 Å². The topological polar surface area (TPSA) is 107 Å². The first-order valence-corrected chi connectivity index (χ1v) is 9.62. The number of sulfone groups is 1. The third kappa shape index (κ3) is 3.10. The number of hydrogen-bond acceptors (Lipinski definition) is 6. The highest BCUT2D eigenvalue weighted by Gasteiger charge is 2.29. The first kappa shape index (κ1) is 15.7. The molecule has 2 aromatic heterocycles. The van der Waals surface area contributed by atoms with Gasteiger partial charge in [-0.05, 0) is 36.8 Å². The standard InChI is InChI=1S/C16H15N5O3S/c22-16(18-12-6-8-25(23,24)10-12)11-3-1-4-13(9-11)21-15-14(19-20-21)5-2-7-17-15/h1-5,7,9,12H,6,8,10H2,(H,18,22). The minimum Gasteiger partial charge on any atom is -0.348 e. The molecule has 1 unspecified atom stereocenters. The van der Waals surface area contributed by atoms with Crippen LogP contribution in [0.4, 0.5) is 0 Å². The van der Waals surface area contributed by atoms with E-state index in [4.69, 9.17) is 0 Å². The van der Waals surface area contributed by atoms with E-state index in [1.807, 2.05) is 6.07 Å². The highest BCUT2D eigenvalue weighted by Crippen LogP contribution is 2.16. The van der Waals surface area contributed by atoms with Gasteiger partial charge in [0.2, 0.25) is 0 Å². The van der Waals surface area contributed by atoms with Gasteiger partial charge in [-0.15, -0.1) is 5.10 Å². The number of carbonyl (C=O) groups excluding carboxylic acids is 1. The molecule has 0 spiro atoms. The summed E-state index contributed by atoms with van der Waals surface area (Å²) in [6.07, 6.45) is 2.10. The largest absolute Gasteiger partial charge is 0.348 e. The lowest BCUT2D eigenvalue weighted by molar-refractivity contribution is 0.0941. The van der Waals surface area contributed by atoms with E-state index >= 15 is 0 Å². The van der Waals surface area contributed by atoms with Crippen LogP contribution in [-0.4, -0.2) is 51.9 Å². The zero-order chi connectivity index (χ0) is 17.4. The Hall–Kier alpha value is -2.81. The van der Waals surface area contributed by atoms with Crippen LogP contribution in [0.15, 0.2) is 42.6 Å². The molecule has 25 heavy (non-hydrogen) atoms. The normalized spacial score (nSPS) is 19.1. The Balaban J connectivity index is 1.60. The third-order valence-corrected chi connectivity index (χ3v) is 5.90. The number of carbonyl (C=O) groups is 1. The van der Waals surface area contributed by atoms with Crippen LogP contribution < -0.4 is 5.32 Å². The van der Waals surface area contributed by atoms with Crippen LogP contribution in [0.2, 0.25) is 0 Å². The summed E-state index contributed by atoms with van der Waals surface area (Å²) in [7, 11) is -3.04. The molecule has 3 heterocycles. The Morgan fingerprint density at radius 1 is 1.24 bits per heavy atom. The predicted molar refractivity (Wildman–Crippen MR) is 91.2 cm³/mol. The molecule has 0 saturated carbocycles. The fourth-order valence-corrected chi connectivity index (χ4v) is 4.57. The van der Waals surface area contributed by atoms with Crippen molar-refractivity contribution in [2.75, 3.05) is 11.5 Å². The van der Waals surface area contributed by atoms with Crippen LogP contribution in [0.5, 0.6) is 0 Å². The van der Waals surface area contributed by atoms with Crippen LogP contribution in [0.3, 0.4) is 0 Å². The minimum absolute atomic E-state index is 0.00390. The second-order valence-electron chi connectivity index (χ2n) is 5.97. The molecule has 1 aliphatic heterocycles. The first-order valence-electron chi connectivity index (χ1n) is 7.80. The van der Waals surface area contributed by atoms with E-state index in [9.17, 15) is 13.2 Å². The molecular weight excluding hydrogens is 342 g/mol. The van der Waals surface area contributed by atoms with Crippen molar-refractivity contribution in [3.05, 3.63) is 48.2 Å². The van der Waals surface area contributed by atoms with Gasteiger partial charge in [-0.25, -0.2) is 13.4 Å². The van der Waals surface area contributed by atoms with Gasteiger partial charge in [-0.2, -0.15) is 4.68 Å². The first-order chi connectivity index (χ1) is 12.0. The summed E-state index contributed by atoms with van der Waals surface area (Å²) < 4.78 is 24.6. The number of hydrogen-bond donors (Lipinski definition) is 1. The van der Waals surface area contributed by atoms with Crippen LogP contribution >= 0.6 is 0 Å². The number of aromatic nitrogens is 4. The fourth-order valence-electron chi connectivity index (χ4n) is 2.90. The van der Waals surface area contributed by atoms with Crippen molar-refractivity contribution < 1.29 is 13.2 Å². The highest BCUT2D eigenvalue weighted by molar-refractivity contribution is 7.91. The SMILES string of the molecule is O=C(NC1CCS(=O)(=O)C1)c1cccc(-n2nnc3cccnc32)c1. The fraction of sp³-hybridized carbons (Fsp3) is 0.250. The second kappa shape index (κ2) is 5.92. The summed E-state index contributed by atoms with van der Waals surface area (Å²) >= 11 is 0. The third-order valence-electron chi connectivity index (χ3n) is 4.13. The van der Waals surface area contributed by atoms with Crippen LogP contribution in [-0.2, 0) is 9.84 Å². The van der Waals surface area contributed by atoms with Gasteiger partial charge in [0.1, 0.15) is 5.52 Å². The van der Waals surface area contributed by atoms with Crippen molar-refractivity contribution >= 4 is 26.9 Å². The maximum atomic E-state index is 12.4. The molecule has 0 radical (unpaired) electrons. The van der Waals surface area contributed by atoms with Crippen molar-refractivity contribution in [1.82, 2.24) is 25.3 Å². The number of rotatable bonds is 3. The molecule has 0 aliphatic carbocycles. The van der Waals surface area contributed by atoms with Crippen LogP contribution in [0.25, 0.3) is 16.9 Å². The molecule has 4 rings (SSSR count). The van der Waals surface area contributed by atoms with Gasteiger partial charge in [0.25, 0.3) is 5.91 Å². The molecule has 3 aromatic rings. The molecule has 1 atom stereocenters. The predicted octanol–water partition coefficient (Wildman–Crippen LogP) is 0.732. The molecule has 1 aromatic carbocycles. The van der Waals surface area contributed by atoms with Crippen molar-refractivity contribution in [1.29, 1.82) is 0 Å². The summed E-state index contributed by atoms with van der Waals surface area (Å²) in [6, 6.07) is 10.2. The van der Waals surface area contributed by atoms with Gasteiger partial charge in [0, 0.05) is 17.8 Å². The monoisotopic (exact) mass is 357 g/mol. The summed E-state index contributed by atoms with van der Waals surface area (Å²) in [5.41, 5.74) is 2.35. The van der Waals surface area contributed by atoms with Gasteiger partial charge in [-0.3, -0.25) is 4.79 Å². The van der Waals surface area contributed by atoms with Crippen molar-refractivity contribution in [2.24, 2.45) is 0 Å². The smallest absolute Gasteiger partial charge is 0.251 e. The Kier molecular flexibility index (Phi) is 3.72. The molecule has 1 fully saturated rings. The number of pyridine rings is 1. The summed E-state index contributed by atoms with van der Waals surface area (Å²) in [5.74, 6) is -0.189. The van der Waals surface area contributed by atoms with E-state index in [0.717, 1.165) is 0 Å².